The van der Waals surface area contributed by atoms with Gasteiger partial charge in [-0.1, -0.05) is 12.1 Å². The molecule has 2 amide bonds. The number of ether oxygens (including phenoxy) is 2. The molecule has 1 aliphatic rings. The first kappa shape index (κ1) is 23.6. The summed E-state index contributed by atoms with van der Waals surface area (Å²) in [5, 5.41) is 7.28. The fourth-order valence-corrected chi connectivity index (χ4v) is 3.89. The first-order valence-corrected chi connectivity index (χ1v) is 11.4. The summed E-state index contributed by atoms with van der Waals surface area (Å²) in [6.45, 7) is 5.87. The number of benzene rings is 1. The molecule has 2 heterocycles. The lowest BCUT2D eigenvalue weighted by molar-refractivity contribution is -0.136. The van der Waals surface area contributed by atoms with Gasteiger partial charge in [0.05, 0.1) is 25.5 Å². The highest BCUT2D eigenvalue weighted by Crippen LogP contribution is 2.33. The van der Waals surface area contributed by atoms with Crippen LogP contribution in [0.3, 0.4) is 0 Å². The Kier molecular flexibility index (Phi) is 8.53. The molecule has 0 unspecified atom stereocenters. The number of carbonyl (C=O) groups excluding carboxylic acids is 2. The third kappa shape index (κ3) is 6.48. The third-order valence-corrected chi connectivity index (χ3v) is 5.52. The number of aryl methyl sites for hydroxylation is 3. The number of aromatic nitrogens is 2. The maximum Gasteiger partial charge on any atom is 0.239 e. The van der Waals surface area contributed by atoms with Gasteiger partial charge in [0.1, 0.15) is 0 Å². The predicted molar refractivity (Wildman–Crippen MR) is 122 cm³/mol. The summed E-state index contributed by atoms with van der Waals surface area (Å²) >= 11 is 0. The van der Waals surface area contributed by atoms with Gasteiger partial charge in [-0.25, -0.2) is 0 Å². The molecule has 0 atom stereocenters. The molecule has 0 saturated heterocycles. The van der Waals surface area contributed by atoms with Gasteiger partial charge in [0.2, 0.25) is 11.8 Å². The van der Waals surface area contributed by atoms with Crippen LogP contribution in [0.25, 0.3) is 0 Å². The Labute approximate surface area is 189 Å². The zero-order chi connectivity index (χ0) is 22.9. The molecular formula is C24H34N4O4. The minimum absolute atomic E-state index is 0.0170. The van der Waals surface area contributed by atoms with Crippen molar-refractivity contribution in [1.29, 1.82) is 0 Å². The van der Waals surface area contributed by atoms with Crippen molar-refractivity contribution >= 4 is 11.8 Å². The minimum atomic E-state index is -0.140. The first-order chi connectivity index (χ1) is 15.5. The fraction of sp³-hybridized carbons (Fsp3) is 0.542. The summed E-state index contributed by atoms with van der Waals surface area (Å²) in [4.78, 5) is 27.3. The van der Waals surface area contributed by atoms with Crippen molar-refractivity contribution in [2.24, 2.45) is 7.05 Å². The van der Waals surface area contributed by atoms with Crippen LogP contribution in [0.1, 0.15) is 49.4 Å². The summed E-state index contributed by atoms with van der Waals surface area (Å²) in [6.07, 6.45) is 5.55. The van der Waals surface area contributed by atoms with E-state index < -0.39 is 0 Å². The monoisotopic (exact) mass is 442 g/mol. The molecule has 0 radical (unpaired) electrons. The number of carbonyl (C=O) groups is 2. The lowest BCUT2D eigenvalue weighted by Gasteiger charge is -2.24. The summed E-state index contributed by atoms with van der Waals surface area (Å²) < 4.78 is 13.6. The average Bonchev–Trinajstić information content (AvgIpc) is 3.09. The van der Waals surface area contributed by atoms with Gasteiger partial charge in [0, 0.05) is 38.3 Å². The fourth-order valence-electron chi connectivity index (χ4n) is 3.89. The first-order valence-electron chi connectivity index (χ1n) is 11.4. The number of para-hydroxylation sites is 1. The number of nitrogens with zero attached hydrogens (tertiary/aromatic N) is 3. The van der Waals surface area contributed by atoms with Gasteiger partial charge in [-0.2, -0.15) is 5.10 Å². The second-order valence-corrected chi connectivity index (χ2v) is 8.10. The average molecular weight is 443 g/mol. The van der Waals surface area contributed by atoms with Crippen molar-refractivity contribution in [3.63, 3.8) is 0 Å². The smallest absolute Gasteiger partial charge is 0.239 e. The van der Waals surface area contributed by atoms with Crippen molar-refractivity contribution in [1.82, 2.24) is 20.0 Å². The summed E-state index contributed by atoms with van der Waals surface area (Å²) in [6, 6.07) is 5.71. The molecule has 0 bridgehead atoms. The van der Waals surface area contributed by atoms with E-state index in [1.807, 2.05) is 45.3 Å². The maximum atomic E-state index is 13.2. The molecule has 32 heavy (non-hydrogen) atoms. The van der Waals surface area contributed by atoms with Gasteiger partial charge in [-0.3, -0.25) is 14.3 Å². The lowest BCUT2D eigenvalue weighted by Crippen LogP contribution is -2.40. The SMILES string of the molecule is CCOc1cccc2c1OCCCCCNC(=O)CN(C(=O)CCc1cn(C)nc1C)C2. The van der Waals surface area contributed by atoms with Crippen molar-refractivity contribution in [3.05, 3.63) is 41.2 Å². The molecular weight excluding hydrogens is 408 g/mol. The number of hydrogen-bond acceptors (Lipinski definition) is 5. The van der Waals surface area contributed by atoms with Gasteiger partial charge in [-0.15, -0.1) is 0 Å². The molecule has 3 rings (SSSR count). The number of nitrogens with one attached hydrogen (secondary N) is 1. The molecule has 0 fully saturated rings. The number of rotatable bonds is 5. The topological polar surface area (TPSA) is 85.7 Å². The Bertz CT molecular complexity index is 925. The zero-order valence-corrected chi connectivity index (χ0v) is 19.4. The minimum Gasteiger partial charge on any atom is -0.490 e. The van der Waals surface area contributed by atoms with Crippen molar-refractivity contribution in [2.75, 3.05) is 26.3 Å². The van der Waals surface area contributed by atoms with E-state index in [-0.39, 0.29) is 24.9 Å². The molecule has 174 valence electrons. The second-order valence-electron chi connectivity index (χ2n) is 8.10. The van der Waals surface area contributed by atoms with Crippen molar-refractivity contribution < 1.29 is 19.1 Å². The van der Waals surface area contributed by atoms with Crippen LogP contribution in [0.4, 0.5) is 0 Å². The lowest BCUT2D eigenvalue weighted by atomic mass is 10.1. The Morgan fingerprint density at radius 3 is 2.84 bits per heavy atom. The Morgan fingerprint density at radius 2 is 2.09 bits per heavy atom. The van der Waals surface area contributed by atoms with Gasteiger partial charge in [0.25, 0.3) is 0 Å². The second kappa shape index (κ2) is 11.5. The van der Waals surface area contributed by atoms with E-state index in [2.05, 4.69) is 10.4 Å². The van der Waals surface area contributed by atoms with Crippen LogP contribution < -0.4 is 14.8 Å². The van der Waals surface area contributed by atoms with E-state index in [1.54, 1.807) is 9.58 Å². The van der Waals surface area contributed by atoms with Crippen LogP contribution in [-0.2, 0) is 29.6 Å². The van der Waals surface area contributed by atoms with Crippen LogP contribution in [0, 0.1) is 6.92 Å². The van der Waals surface area contributed by atoms with Crippen LogP contribution in [0.15, 0.2) is 24.4 Å². The molecule has 0 saturated carbocycles. The molecule has 8 heteroatoms. The molecule has 0 aliphatic carbocycles. The van der Waals surface area contributed by atoms with Crippen LogP contribution in [-0.4, -0.2) is 52.8 Å². The third-order valence-electron chi connectivity index (χ3n) is 5.52. The van der Waals surface area contributed by atoms with E-state index >= 15 is 0 Å². The van der Waals surface area contributed by atoms with Crippen LogP contribution in [0.2, 0.25) is 0 Å². The molecule has 1 N–H and O–H groups in total. The molecule has 1 aliphatic heterocycles. The highest BCUT2D eigenvalue weighted by atomic mass is 16.5. The summed E-state index contributed by atoms with van der Waals surface area (Å²) in [5.41, 5.74) is 2.80. The van der Waals surface area contributed by atoms with Gasteiger partial charge < -0.3 is 19.7 Å². The predicted octanol–water partition coefficient (Wildman–Crippen LogP) is 2.77. The molecule has 2 aromatic rings. The van der Waals surface area contributed by atoms with Crippen LogP contribution >= 0.6 is 0 Å². The van der Waals surface area contributed by atoms with Gasteiger partial charge in [0.15, 0.2) is 11.5 Å². The highest BCUT2D eigenvalue weighted by molar-refractivity contribution is 5.85. The van der Waals surface area contributed by atoms with E-state index in [0.29, 0.717) is 44.1 Å². The number of amides is 2. The van der Waals surface area contributed by atoms with E-state index in [9.17, 15) is 9.59 Å². The quantitative estimate of drug-likeness (QED) is 0.770. The standard InChI is InChI=1S/C24H34N4O4/c1-4-31-21-10-8-9-20-16-28(23(30)12-11-19-15-27(3)26-18(19)2)17-22(29)25-13-6-5-7-14-32-24(20)21/h8-10,15H,4-7,11-14,16-17H2,1-3H3,(H,25,29). The molecule has 0 spiro atoms. The van der Waals surface area contributed by atoms with Crippen molar-refractivity contribution in [2.45, 2.75) is 52.5 Å². The Hall–Kier alpha value is -3.03. The molecule has 1 aromatic carbocycles. The summed E-state index contributed by atoms with van der Waals surface area (Å²) in [7, 11) is 1.87. The zero-order valence-electron chi connectivity index (χ0n) is 19.4. The van der Waals surface area contributed by atoms with E-state index in [0.717, 1.165) is 36.1 Å². The van der Waals surface area contributed by atoms with Gasteiger partial charge in [-0.05, 0) is 51.2 Å². The highest BCUT2D eigenvalue weighted by Gasteiger charge is 2.22. The van der Waals surface area contributed by atoms with Gasteiger partial charge >= 0.3 is 0 Å². The molecule has 1 aromatic heterocycles. The number of fused-ring (bicyclic) bond motifs is 1. The molecule has 8 nitrogen and oxygen atoms in total. The Balaban J connectivity index is 1.82. The largest absolute Gasteiger partial charge is 0.490 e. The van der Waals surface area contributed by atoms with Crippen molar-refractivity contribution in [3.8, 4) is 11.5 Å². The van der Waals surface area contributed by atoms with E-state index in [4.69, 9.17) is 9.47 Å². The number of hydrogen-bond donors (Lipinski definition) is 1. The van der Waals surface area contributed by atoms with Crippen LogP contribution in [0.5, 0.6) is 11.5 Å². The Morgan fingerprint density at radius 1 is 1.25 bits per heavy atom. The van der Waals surface area contributed by atoms with E-state index in [1.165, 1.54) is 0 Å². The summed E-state index contributed by atoms with van der Waals surface area (Å²) in [5.74, 6) is 1.11. The maximum absolute atomic E-state index is 13.2. The normalized spacial score (nSPS) is 15.5.